The lowest BCUT2D eigenvalue weighted by molar-refractivity contribution is -0.119. The molecule has 284 valence electrons. The number of carbonyl (C=O) groups is 2. The van der Waals surface area contributed by atoms with Crippen LogP contribution in [-0.4, -0.2) is 102 Å². The van der Waals surface area contributed by atoms with Crippen LogP contribution in [0.15, 0.2) is 35.7 Å². The molecule has 2 fully saturated rings. The molecule has 0 spiro atoms. The highest BCUT2D eigenvalue weighted by molar-refractivity contribution is 7.14. The van der Waals surface area contributed by atoms with Crippen LogP contribution in [-0.2, 0) is 19.0 Å². The molecule has 2 atom stereocenters. The third-order valence-electron chi connectivity index (χ3n) is 8.88. The number of primary amides is 1. The van der Waals surface area contributed by atoms with Crippen molar-refractivity contribution in [1.29, 1.82) is 0 Å². The number of rotatable bonds is 17. The van der Waals surface area contributed by atoms with E-state index >= 15 is 0 Å². The van der Waals surface area contributed by atoms with Crippen LogP contribution in [0.5, 0.6) is 11.5 Å². The summed E-state index contributed by atoms with van der Waals surface area (Å²) in [5.41, 5.74) is 7.85. The molecule has 0 radical (unpaired) electrons. The first-order valence-corrected chi connectivity index (χ1v) is 18.4. The molecule has 0 saturated carbocycles. The summed E-state index contributed by atoms with van der Waals surface area (Å²) in [5.74, 6) is -2.47. The Kier molecular flexibility index (Phi) is 13.7. The number of benzene rings is 2. The van der Waals surface area contributed by atoms with Gasteiger partial charge in [-0.3, -0.25) is 9.59 Å². The Morgan fingerprint density at radius 3 is 2.48 bits per heavy atom. The van der Waals surface area contributed by atoms with Gasteiger partial charge in [0.05, 0.1) is 58.1 Å². The molecule has 3 N–H and O–H groups in total. The molecule has 52 heavy (non-hydrogen) atoms. The molecule has 0 aliphatic carbocycles. The number of nitrogens with zero attached hydrogens (tertiary/aromatic N) is 3. The standard InChI is InChI=1S/C37H49F2N5O7S/c1-37(2,3)22-25-6-10-30(34(40)45)44(25)29-9-5-24(21-31(29)47-4)35(46)41-11-14-48-17-18-50-19-20-51-33-26(7-8-27(38)32(33)39)28-23-52-36(42-28)43-12-15-49-16-13-43/h5,7-9,21,23,25,30H,6,10-20,22H2,1-4H3,(H2,40,45)(H,41,46). The quantitative estimate of drug-likeness (QED) is 0.181. The van der Waals surface area contributed by atoms with E-state index in [0.29, 0.717) is 55.3 Å². The Morgan fingerprint density at radius 1 is 1.04 bits per heavy atom. The number of hydrogen-bond acceptors (Lipinski definition) is 11. The van der Waals surface area contributed by atoms with Crippen LogP contribution in [0.3, 0.4) is 0 Å². The topological polar surface area (TPSA) is 138 Å². The molecule has 2 amide bonds. The minimum absolute atomic E-state index is 0.00959. The molecule has 15 heteroatoms. The molecule has 2 aliphatic heterocycles. The van der Waals surface area contributed by atoms with E-state index in [1.165, 1.54) is 24.5 Å². The number of carbonyl (C=O) groups excluding carboxylic acids is 2. The molecule has 2 aliphatic rings. The maximum absolute atomic E-state index is 14.8. The van der Waals surface area contributed by atoms with Crippen molar-refractivity contribution in [3.63, 3.8) is 0 Å². The van der Waals surface area contributed by atoms with Crippen LogP contribution in [0.2, 0.25) is 0 Å². The maximum atomic E-state index is 14.8. The number of aromatic nitrogens is 1. The fraction of sp³-hybridized carbons (Fsp3) is 0.541. The SMILES string of the molecule is COc1cc(C(=O)NCCOCCOCCOc2c(-c3csc(N4CCOCC4)n3)ccc(F)c2F)ccc1N1C(CC(C)(C)C)CCC1C(N)=O. The molecule has 2 unspecified atom stereocenters. The second-order valence-electron chi connectivity index (χ2n) is 13.9. The van der Waals surface area contributed by atoms with Crippen molar-refractivity contribution in [1.82, 2.24) is 10.3 Å². The first-order valence-electron chi connectivity index (χ1n) is 17.6. The van der Waals surface area contributed by atoms with Crippen molar-refractivity contribution in [2.45, 2.75) is 52.1 Å². The maximum Gasteiger partial charge on any atom is 0.251 e. The Balaban J connectivity index is 1.03. The summed E-state index contributed by atoms with van der Waals surface area (Å²) < 4.78 is 56.7. The third kappa shape index (κ3) is 10.1. The van der Waals surface area contributed by atoms with Gasteiger partial charge in [-0.1, -0.05) is 20.8 Å². The van der Waals surface area contributed by atoms with E-state index in [0.717, 1.165) is 29.7 Å². The van der Waals surface area contributed by atoms with E-state index in [2.05, 4.69) is 40.9 Å². The number of morpholine rings is 1. The molecule has 12 nitrogen and oxygen atoms in total. The fourth-order valence-corrected chi connectivity index (χ4v) is 7.37. The zero-order chi connectivity index (χ0) is 37.3. The lowest BCUT2D eigenvalue weighted by Gasteiger charge is -2.35. The zero-order valence-electron chi connectivity index (χ0n) is 30.3. The third-order valence-corrected chi connectivity index (χ3v) is 9.78. The van der Waals surface area contributed by atoms with Crippen LogP contribution >= 0.6 is 11.3 Å². The van der Waals surface area contributed by atoms with Gasteiger partial charge in [-0.05, 0) is 55.0 Å². The van der Waals surface area contributed by atoms with Crippen LogP contribution in [0.4, 0.5) is 19.6 Å². The number of ether oxygens (including phenoxy) is 5. The van der Waals surface area contributed by atoms with Crippen LogP contribution < -0.4 is 30.3 Å². The Labute approximate surface area is 307 Å². The molecule has 3 heterocycles. The molecule has 0 bridgehead atoms. The molecular formula is C37H49F2N5O7S. The van der Waals surface area contributed by atoms with E-state index in [9.17, 15) is 18.4 Å². The predicted octanol–water partition coefficient (Wildman–Crippen LogP) is 5.03. The van der Waals surface area contributed by atoms with Gasteiger partial charge in [-0.25, -0.2) is 9.37 Å². The summed E-state index contributed by atoms with van der Waals surface area (Å²) in [5, 5.41) is 5.42. The van der Waals surface area contributed by atoms with E-state index in [4.69, 9.17) is 29.4 Å². The highest BCUT2D eigenvalue weighted by Crippen LogP contribution is 2.41. The van der Waals surface area contributed by atoms with Gasteiger partial charge in [-0.15, -0.1) is 11.3 Å². The van der Waals surface area contributed by atoms with Crippen molar-refractivity contribution in [3.05, 3.63) is 52.9 Å². The largest absolute Gasteiger partial charge is 0.495 e. The molecular weight excluding hydrogens is 696 g/mol. The minimum Gasteiger partial charge on any atom is -0.495 e. The number of hydrogen-bond donors (Lipinski definition) is 2. The number of methoxy groups -OCH3 is 1. The van der Waals surface area contributed by atoms with Gasteiger partial charge < -0.3 is 44.5 Å². The Morgan fingerprint density at radius 2 is 1.77 bits per heavy atom. The van der Waals surface area contributed by atoms with Gasteiger partial charge in [-0.2, -0.15) is 4.39 Å². The first-order chi connectivity index (χ1) is 25.0. The molecule has 2 aromatic carbocycles. The van der Waals surface area contributed by atoms with Crippen LogP contribution in [0.25, 0.3) is 11.3 Å². The first kappa shape index (κ1) is 39.2. The van der Waals surface area contributed by atoms with E-state index in [-0.39, 0.29) is 68.6 Å². The van der Waals surface area contributed by atoms with E-state index < -0.39 is 17.7 Å². The average Bonchev–Trinajstić information content (AvgIpc) is 3.78. The Bertz CT molecular complexity index is 1660. The van der Waals surface area contributed by atoms with Gasteiger partial charge >= 0.3 is 0 Å². The highest BCUT2D eigenvalue weighted by atomic mass is 32.1. The summed E-state index contributed by atoms with van der Waals surface area (Å²) in [4.78, 5) is 34.0. The summed E-state index contributed by atoms with van der Waals surface area (Å²) in [7, 11) is 1.54. The van der Waals surface area contributed by atoms with E-state index in [1.807, 2.05) is 6.07 Å². The van der Waals surface area contributed by atoms with Crippen molar-refractivity contribution < 1.29 is 42.1 Å². The smallest absolute Gasteiger partial charge is 0.251 e. The van der Waals surface area contributed by atoms with Crippen molar-refractivity contribution in [3.8, 4) is 22.8 Å². The second-order valence-corrected chi connectivity index (χ2v) is 14.7. The van der Waals surface area contributed by atoms with Gasteiger partial charge in [0, 0.05) is 42.2 Å². The summed E-state index contributed by atoms with van der Waals surface area (Å²) >= 11 is 1.43. The molecule has 1 aromatic heterocycles. The second kappa shape index (κ2) is 18.1. The molecule has 2 saturated heterocycles. The number of anilines is 2. The average molecular weight is 746 g/mol. The minimum atomic E-state index is -1.08. The number of thiazole rings is 1. The summed E-state index contributed by atoms with van der Waals surface area (Å²) in [6.07, 6.45) is 2.39. The van der Waals surface area contributed by atoms with Gasteiger partial charge in [0.15, 0.2) is 16.7 Å². The van der Waals surface area contributed by atoms with E-state index in [1.54, 1.807) is 17.5 Å². The molecule has 5 rings (SSSR count). The van der Waals surface area contributed by atoms with Gasteiger partial charge in [0.1, 0.15) is 18.4 Å². The number of nitrogens with two attached hydrogens (primary N) is 1. The lowest BCUT2D eigenvalue weighted by Crippen LogP contribution is -2.45. The van der Waals surface area contributed by atoms with Gasteiger partial charge in [0.25, 0.3) is 5.91 Å². The van der Waals surface area contributed by atoms with Crippen molar-refractivity contribution >= 4 is 34.0 Å². The fourth-order valence-electron chi connectivity index (χ4n) is 6.49. The van der Waals surface area contributed by atoms with Crippen LogP contribution in [0, 0.1) is 17.0 Å². The van der Waals surface area contributed by atoms with Gasteiger partial charge in [0.2, 0.25) is 11.7 Å². The monoisotopic (exact) mass is 745 g/mol. The van der Waals surface area contributed by atoms with Crippen molar-refractivity contribution in [2.24, 2.45) is 11.1 Å². The molecule has 3 aromatic rings. The summed E-state index contributed by atoms with van der Waals surface area (Å²) in [6, 6.07) is 7.40. The normalized spacial score (nSPS) is 17.7. The number of amides is 2. The highest BCUT2D eigenvalue weighted by Gasteiger charge is 2.40. The predicted molar refractivity (Wildman–Crippen MR) is 196 cm³/mol. The lowest BCUT2D eigenvalue weighted by atomic mass is 9.87. The Hall–Kier alpha value is -4.05. The van der Waals surface area contributed by atoms with Crippen molar-refractivity contribution in [2.75, 3.05) is 82.8 Å². The van der Waals surface area contributed by atoms with Crippen LogP contribution in [0.1, 0.15) is 50.4 Å². The number of halogens is 2. The summed E-state index contributed by atoms with van der Waals surface area (Å²) in [6.45, 7) is 10.3. The zero-order valence-corrected chi connectivity index (χ0v) is 31.1. The number of nitrogens with one attached hydrogen (secondary N) is 1.